The largest absolute Gasteiger partial charge is 0.359 e. The van der Waals surface area contributed by atoms with E-state index < -0.39 is 17.5 Å². The SMILES string of the molecule is NC(=O)C#Cc1ccc(F)cc1F. The Morgan fingerprint density at radius 2 is 2.08 bits per heavy atom. The first-order valence-corrected chi connectivity index (χ1v) is 3.36. The van der Waals surface area contributed by atoms with E-state index in [9.17, 15) is 13.6 Å². The van der Waals surface area contributed by atoms with Crippen molar-refractivity contribution in [2.45, 2.75) is 0 Å². The molecule has 0 spiro atoms. The summed E-state index contributed by atoms with van der Waals surface area (Å²) >= 11 is 0. The molecule has 0 radical (unpaired) electrons. The van der Waals surface area contributed by atoms with Crippen LogP contribution in [-0.4, -0.2) is 5.91 Å². The lowest BCUT2D eigenvalue weighted by Gasteiger charge is -1.92. The molecule has 0 bridgehead atoms. The average molecular weight is 181 g/mol. The quantitative estimate of drug-likeness (QED) is 0.591. The molecule has 0 unspecified atom stereocenters. The number of hydrogen-bond acceptors (Lipinski definition) is 1. The van der Waals surface area contributed by atoms with Crippen LogP contribution in [0.25, 0.3) is 0 Å². The van der Waals surface area contributed by atoms with Crippen molar-refractivity contribution in [3.8, 4) is 11.8 Å². The lowest BCUT2D eigenvalue weighted by atomic mass is 10.2. The smallest absolute Gasteiger partial charge is 0.293 e. The van der Waals surface area contributed by atoms with Crippen molar-refractivity contribution in [1.82, 2.24) is 0 Å². The molecule has 1 amide bonds. The molecule has 2 N–H and O–H groups in total. The minimum Gasteiger partial charge on any atom is -0.359 e. The molecule has 0 aliphatic rings. The monoisotopic (exact) mass is 181 g/mol. The molecule has 0 aliphatic heterocycles. The summed E-state index contributed by atoms with van der Waals surface area (Å²) in [4.78, 5) is 10.2. The Morgan fingerprint density at radius 3 is 2.62 bits per heavy atom. The van der Waals surface area contributed by atoms with Gasteiger partial charge in [-0.05, 0) is 12.1 Å². The van der Waals surface area contributed by atoms with E-state index in [1.165, 1.54) is 0 Å². The van der Waals surface area contributed by atoms with Crippen LogP contribution >= 0.6 is 0 Å². The number of nitrogens with two attached hydrogens (primary N) is 1. The van der Waals surface area contributed by atoms with E-state index in [4.69, 9.17) is 5.73 Å². The van der Waals surface area contributed by atoms with Gasteiger partial charge in [-0.2, -0.15) is 0 Å². The predicted octanol–water partition coefficient (Wildman–Crippen LogP) is 0.802. The molecule has 0 aromatic heterocycles. The van der Waals surface area contributed by atoms with E-state index in [-0.39, 0.29) is 5.56 Å². The standard InChI is InChI=1S/C9H5F2NO/c10-7-3-1-6(8(11)5-7)2-4-9(12)13/h1,3,5H,(H2,12,13). The Morgan fingerprint density at radius 1 is 1.38 bits per heavy atom. The number of hydrogen-bond donors (Lipinski definition) is 1. The molecule has 0 atom stereocenters. The van der Waals surface area contributed by atoms with Gasteiger partial charge in [0.15, 0.2) is 0 Å². The number of carbonyl (C=O) groups is 1. The number of rotatable bonds is 0. The molecule has 0 fully saturated rings. The first-order valence-electron chi connectivity index (χ1n) is 3.36. The Labute approximate surface area is 73.4 Å². The van der Waals surface area contributed by atoms with E-state index in [0.29, 0.717) is 6.07 Å². The van der Waals surface area contributed by atoms with Gasteiger partial charge in [-0.3, -0.25) is 4.79 Å². The van der Waals surface area contributed by atoms with Crippen LogP contribution in [0.2, 0.25) is 0 Å². The number of amides is 1. The second-order valence-electron chi connectivity index (χ2n) is 2.24. The van der Waals surface area contributed by atoms with Crippen molar-refractivity contribution in [3.63, 3.8) is 0 Å². The van der Waals surface area contributed by atoms with Crippen molar-refractivity contribution in [2.75, 3.05) is 0 Å². The van der Waals surface area contributed by atoms with Crippen molar-refractivity contribution >= 4 is 5.91 Å². The maximum atomic E-state index is 12.8. The third-order valence-electron chi connectivity index (χ3n) is 1.25. The molecule has 0 saturated carbocycles. The molecule has 13 heavy (non-hydrogen) atoms. The average Bonchev–Trinajstić information content (AvgIpc) is 2.02. The molecular weight excluding hydrogens is 176 g/mol. The second-order valence-corrected chi connectivity index (χ2v) is 2.24. The van der Waals surface area contributed by atoms with Gasteiger partial charge in [0.05, 0.1) is 5.56 Å². The summed E-state index contributed by atoms with van der Waals surface area (Å²) in [6.45, 7) is 0. The predicted molar refractivity (Wildman–Crippen MR) is 42.4 cm³/mol. The lowest BCUT2D eigenvalue weighted by Crippen LogP contribution is -2.06. The number of benzene rings is 1. The third kappa shape index (κ3) is 2.56. The van der Waals surface area contributed by atoms with Gasteiger partial charge in [0.2, 0.25) is 0 Å². The minimum atomic E-state index is -0.858. The Bertz CT molecular complexity index is 404. The van der Waals surface area contributed by atoms with Crippen LogP contribution in [0.5, 0.6) is 0 Å². The highest BCUT2D eigenvalue weighted by Crippen LogP contribution is 2.07. The highest BCUT2D eigenvalue weighted by Gasteiger charge is 1.99. The van der Waals surface area contributed by atoms with Crippen LogP contribution in [0.4, 0.5) is 8.78 Å². The molecule has 0 heterocycles. The van der Waals surface area contributed by atoms with Crippen LogP contribution in [0.15, 0.2) is 18.2 Å². The fourth-order valence-corrected chi connectivity index (χ4v) is 0.720. The lowest BCUT2D eigenvalue weighted by molar-refractivity contribution is -0.112. The summed E-state index contributed by atoms with van der Waals surface area (Å²) < 4.78 is 25.2. The highest BCUT2D eigenvalue weighted by molar-refractivity contribution is 5.92. The molecule has 4 heteroatoms. The van der Waals surface area contributed by atoms with Crippen LogP contribution in [0.3, 0.4) is 0 Å². The summed E-state index contributed by atoms with van der Waals surface area (Å²) in [5.41, 5.74) is 4.66. The van der Waals surface area contributed by atoms with E-state index in [0.717, 1.165) is 12.1 Å². The van der Waals surface area contributed by atoms with Gasteiger partial charge in [0.1, 0.15) is 11.6 Å². The van der Waals surface area contributed by atoms with Gasteiger partial charge in [0, 0.05) is 12.0 Å². The normalized spacial score (nSPS) is 8.77. The maximum absolute atomic E-state index is 12.8. The molecular formula is C9H5F2NO. The van der Waals surface area contributed by atoms with Gasteiger partial charge in [-0.1, -0.05) is 5.92 Å². The van der Waals surface area contributed by atoms with Gasteiger partial charge in [0.25, 0.3) is 5.91 Å². The number of primary amides is 1. The fourth-order valence-electron chi connectivity index (χ4n) is 0.720. The number of halogens is 2. The maximum Gasteiger partial charge on any atom is 0.293 e. The Balaban J connectivity index is 3.05. The fraction of sp³-hybridized carbons (Fsp3) is 0. The van der Waals surface area contributed by atoms with Gasteiger partial charge in [-0.15, -0.1) is 0 Å². The summed E-state index contributed by atoms with van der Waals surface area (Å²) in [6.07, 6.45) is 0. The van der Waals surface area contributed by atoms with Crippen molar-refractivity contribution in [2.24, 2.45) is 5.73 Å². The van der Waals surface area contributed by atoms with Crippen LogP contribution in [-0.2, 0) is 4.79 Å². The topological polar surface area (TPSA) is 43.1 Å². The molecule has 1 rings (SSSR count). The van der Waals surface area contributed by atoms with E-state index in [1.807, 2.05) is 5.92 Å². The third-order valence-corrected chi connectivity index (χ3v) is 1.25. The summed E-state index contributed by atoms with van der Waals surface area (Å²) in [5, 5.41) is 0. The molecule has 2 nitrogen and oxygen atoms in total. The van der Waals surface area contributed by atoms with Crippen LogP contribution < -0.4 is 5.73 Å². The van der Waals surface area contributed by atoms with Crippen molar-refractivity contribution in [3.05, 3.63) is 35.4 Å². The zero-order valence-corrected chi connectivity index (χ0v) is 6.47. The van der Waals surface area contributed by atoms with Crippen molar-refractivity contribution in [1.29, 1.82) is 0 Å². The Kier molecular flexibility index (Phi) is 2.60. The molecule has 0 saturated heterocycles. The van der Waals surface area contributed by atoms with Gasteiger partial charge < -0.3 is 5.73 Å². The zero-order chi connectivity index (χ0) is 9.84. The van der Waals surface area contributed by atoms with Crippen LogP contribution in [0.1, 0.15) is 5.56 Å². The molecule has 66 valence electrons. The molecule has 1 aromatic carbocycles. The first kappa shape index (κ1) is 9.20. The van der Waals surface area contributed by atoms with Crippen molar-refractivity contribution < 1.29 is 13.6 Å². The first-order chi connectivity index (χ1) is 6.09. The van der Waals surface area contributed by atoms with Gasteiger partial charge in [-0.25, -0.2) is 8.78 Å². The second kappa shape index (κ2) is 3.68. The minimum absolute atomic E-state index is 0.0554. The number of carbonyl (C=O) groups excluding carboxylic acids is 1. The van der Waals surface area contributed by atoms with E-state index in [2.05, 4.69) is 5.92 Å². The van der Waals surface area contributed by atoms with Gasteiger partial charge >= 0.3 is 0 Å². The molecule has 1 aromatic rings. The summed E-state index contributed by atoms with van der Waals surface area (Å²) in [7, 11) is 0. The highest BCUT2D eigenvalue weighted by atomic mass is 19.1. The van der Waals surface area contributed by atoms with E-state index >= 15 is 0 Å². The Hall–Kier alpha value is -1.89. The van der Waals surface area contributed by atoms with Crippen LogP contribution in [0, 0.1) is 23.5 Å². The summed E-state index contributed by atoms with van der Waals surface area (Å²) in [6, 6.07) is 2.87. The summed E-state index contributed by atoms with van der Waals surface area (Å²) in [5.74, 6) is 1.76. The van der Waals surface area contributed by atoms with E-state index in [1.54, 1.807) is 0 Å². The molecule has 0 aliphatic carbocycles. The zero-order valence-electron chi connectivity index (χ0n) is 6.47.